The topological polar surface area (TPSA) is 71.8 Å². The quantitative estimate of drug-likeness (QED) is 0.883. The van der Waals surface area contributed by atoms with Crippen LogP contribution >= 0.6 is 0 Å². The molecule has 124 valence electrons. The van der Waals surface area contributed by atoms with Gasteiger partial charge in [-0.3, -0.25) is 4.90 Å². The first-order valence-corrected chi connectivity index (χ1v) is 9.71. The monoisotopic (exact) mass is 328 g/mol. The maximum atomic E-state index is 11.2. The van der Waals surface area contributed by atoms with Crippen molar-refractivity contribution in [1.29, 1.82) is 0 Å². The molecule has 6 nitrogen and oxygen atoms in total. The van der Waals surface area contributed by atoms with Crippen LogP contribution in [0.2, 0.25) is 0 Å². The molecular weight excluding hydrogens is 304 g/mol. The molecule has 0 aliphatic carbocycles. The first kappa shape index (κ1) is 16.0. The third-order valence-corrected chi connectivity index (χ3v) is 5.19. The van der Waals surface area contributed by atoms with Crippen molar-refractivity contribution in [3.05, 3.63) is 24.2 Å². The van der Waals surface area contributed by atoms with Crippen molar-refractivity contribution >= 4 is 10.0 Å². The molecule has 0 saturated carbocycles. The minimum atomic E-state index is -3.16. The van der Waals surface area contributed by atoms with E-state index in [1.807, 2.05) is 12.1 Å². The zero-order valence-corrected chi connectivity index (χ0v) is 13.8. The number of furan rings is 1. The Kier molecular flexibility index (Phi) is 4.59. The summed E-state index contributed by atoms with van der Waals surface area (Å²) >= 11 is 0. The lowest BCUT2D eigenvalue weighted by Gasteiger charge is -2.38. The number of likely N-dealkylation sites (tertiary alicyclic amines) is 1. The fourth-order valence-electron chi connectivity index (χ4n) is 3.50. The number of sulfonamides is 1. The predicted molar refractivity (Wildman–Crippen MR) is 82.9 cm³/mol. The van der Waals surface area contributed by atoms with Crippen LogP contribution < -0.4 is 4.72 Å². The second kappa shape index (κ2) is 6.31. The van der Waals surface area contributed by atoms with Gasteiger partial charge in [0.1, 0.15) is 5.76 Å². The van der Waals surface area contributed by atoms with E-state index in [9.17, 15) is 8.42 Å². The zero-order valence-electron chi connectivity index (χ0n) is 13.0. The van der Waals surface area contributed by atoms with E-state index >= 15 is 0 Å². The largest absolute Gasteiger partial charge is 0.468 e. The highest BCUT2D eigenvalue weighted by Gasteiger charge is 2.43. The second-order valence-corrected chi connectivity index (χ2v) is 8.31. The minimum absolute atomic E-state index is 0.0213. The minimum Gasteiger partial charge on any atom is -0.468 e. The van der Waals surface area contributed by atoms with Crippen LogP contribution in [0, 0.1) is 0 Å². The van der Waals surface area contributed by atoms with E-state index in [0.717, 1.165) is 51.1 Å². The van der Waals surface area contributed by atoms with E-state index in [4.69, 9.17) is 9.15 Å². The average Bonchev–Trinajstić information content (AvgIpc) is 3.08. The van der Waals surface area contributed by atoms with Gasteiger partial charge in [-0.2, -0.15) is 0 Å². The average molecular weight is 328 g/mol. The van der Waals surface area contributed by atoms with Crippen molar-refractivity contribution in [2.45, 2.75) is 43.9 Å². The molecule has 0 amide bonds. The van der Waals surface area contributed by atoms with Crippen LogP contribution in [-0.4, -0.2) is 50.9 Å². The number of ether oxygens (including phenoxy) is 1. The molecule has 2 aliphatic heterocycles. The van der Waals surface area contributed by atoms with Crippen LogP contribution in [0.4, 0.5) is 0 Å². The van der Waals surface area contributed by atoms with Gasteiger partial charge in [-0.25, -0.2) is 13.1 Å². The van der Waals surface area contributed by atoms with Crippen molar-refractivity contribution in [3.63, 3.8) is 0 Å². The lowest BCUT2D eigenvalue weighted by Crippen LogP contribution is -2.46. The third-order valence-electron chi connectivity index (χ3n) is 4.50. The molecule has 2 aliphatic rings. The lowest BCUT2D eigenvalue weighted by molar-refractivity contribution is -0.118. The Balaban J connectivity index is 1.55. The van der Waals surface area contributed by atoms with E-state index in [-0.39, 0.29) is 11.7 Å². The summed E-state index contributed by atoms with van der Waals surface area (Å²) in [6.07, 6.45) is 6.93. The zero-order chi connectivity index (χ0) is 15.6. The maximum absolute atomic E-state index is 11.2. The smallest absolute Gasteiger partial charge is 0.208 e. The molecule has 2 fully saturated rings. The Morgan fingerprint density at radius 1 is 1.45 bits per heavy atom. The molecular formula is C15H24N2O4S. The summed E-state index contributed by atoms with van der Waals surface area (Å²) in [5.41, 5.74) is -0.116. The SMILES string of the molecule is CS(=O)(=O)NC[C@@H]1CCC[C@@]2(CCN(Cc3ccco3)C2)O1. The predicted octanol–water partition coefficient (Wildman–Crippen LogP) is 1.34. The highest BCUT2D eigenvalue weighted by atomic mass is 32.2. The fourth-order valence-corrected chi connectivity index (χ4v) is 3.99. The molecule has 1 N–H and O–H groups in total. The molecule has 3 heterocycles. The molecule has 0 radical (unpaired) electrons. The number of hydrogen-bond donors (Lipinski definition) is 1. The van der Waals surface area contributed by atoms with Crippen LogP contribution in [-0.2, 0) is 21.3 Å². The molecule has 0 unspecified atom stereocenters. The standard InChI is InChI=1S/C15H24N2O4S/c1-22(18,19)16-10-13-4-2-6-15(21-13)7-8-17(12-15)11-14-5-3-9-20-14/h3,5,9,13,16H,2,4,6-8,10-12H2,1H3/t13-,15-/m0/s1. The fraction of sp³-hybridized carbons (Fsp3) is 0.733. The van der Waals surface area contributed by atoms with E-state index in [2.05, 4.69) is 9.62 Å². The Morgan fingerprint density at radius 3 is 3.05 bits per heavy atom. The van der Waals surface area contributed by atoms with Gasteiger partial charge in [-0.05, 0) is 37.8 Å². The molecule has 1 aromatic rings. The second-order valence-electron chi connectivity index (χ2n) is 6.48. The number of rotatable bonds is 5. The Morgan fingerprint density at radius 2 is 2.32 bits per heavy atom. The summed E-state index contributed by atoms with van der Waals surface area (Å²) in [5.74, 6) is 0.975. The number of nitrogens with one attached hydrogen (secondary N) is 1. The molecule has 1 aromatic heterocycles. The van der Waals surface area contributed by atoms with E-state index in [1.54, 1.807) is 6.26 Å². The van der Waals surface area contributed by atoms with Gasteiger partial charge in [0.2, 0.25) is 10.0 Å². The summed E-state index contributed by atoms with van der Waals surface area (Å²) in [7, 11) is -3.16. The summed E-state index contributed by atoms with van der Waals surface area (Å²) in [4.78, 5) is 2.35. The van der Waals surface area contributed by atoms with Crippen LogP contribution in [0.1, 0.15) is 31.4 Å². The van der Waals surface area contributed by atoms with E-state index < -0.39 is 10.0 Å². The van der Waals surface area contributed by atoms with Gasteiger partial charge >= 0.3 is 0 Å². The molecule has 0 aromatic carbocycles. The highest BCUT2D eigenvalue weighted by Crippen LogP contribution is 2.37. The summed E-state index contributed by atoms with van der Waals surface area (Å²) < 4.78 is 36.7. The van der Waals surface area contributed by atoms with Gasteiger partial charge in [0.15, 0.2) is 0 Å². The first-order chi connectivity index (χ1) is 10.4. The first-order valence-electron chi connectivity index (χ1n) is 7.81. The van der Waals surface area contributed by atoms with Crippen molar-refractivity contribution in [2.75, 3.05) is 25.9 Å². The molecule has 2 atom stereocenters. The Hall–Kier alpha value is -0.890. The van der Waals surface area contributed by atoms with Gasteiger partial charge in [-0.15, -0.1) is 0 Å². The van der Waals surface area contributed by atoms with Crippen LogP contribution in [0.5, 0.6) is 0 Å². The summed E-state index contributed by atoms with van der Waals surface area (Å²) in [6.45, 7) is 3.07. The van der Waals surface area contributed by atoms with Crippen molar-refractivity contribution in [2.24, 2.45) is 0 Å². The highest BCUT2D eigenvalue weighted by molar-refractivity contribution is 7.88. The number of hydrogen-bond acceptors (Lipinski definition) is 5. The molecule has 7 heteroatoms. The third kappa shape index (κ3) is 4.10. The Labute approximate surface area is 131 Å². The van der Waals surface area contributed by atoms with Gasteiger partial charge in [0.05, 0.1) is 30.8 Å². The molecule has 22 heavy (non-hydrogen) atoms. The maximum Gasteiger partial charge on any atom is 0.208 e. The Bertz CT molecular complexity index is 587. The van der Waals surface area contributed by atoms with Gasteiger partial charge in [0, 0.05) is 19.6 Å². The number of nitrogens with zero attached hydrogens (tertiary/aromatic N) is 1. The summed E-state index contributed by atoms with van der Waals surface area (Å²) in [6, 6.07) is 3.90. The molecule has 0 bridgehead atoms. The molecule has 1 spiro atoms. The van der Waals surface area contributed by atoms with Crippen LogP contribution in [0.15, 0.2) is 22.8 Å². The van der Waals surface area contributed by atoms with E-state index in [1.165, 1.54) is 6.26 Å². The normalized spacial score (nSPS) is 30.1. The lowest BCUT2D eigenvalue weighted by atomic mass is 9.90. The van der Waals surface area contributed by atoms with Crippen molar-refractivity contribution in [3.8, 4) is 0 Å². The van der Waals surface area contributed by atoms with Gasteiger partial charge < -0.3 is 9.15 Å². The van der Waals surface area contributed by atoms with Gasteiger partial charge in [-0.1, -0.05) is 0 Å². The summed E-state index contributed by atoms with van der Waals surface area (Å²) in [5, 5.41) is 0. The van der Waals surface area contributed by atoms with Crippen molar-refractivity contribution in [1.82, 2.24) is 9.62 Å². The van der Waals surface area contributed by atoms with Crippen molar-refractivity contribution < 1.29 is 17.6 Å². The molecule has 2 saturated heterocycles. The molecule has 3 rings (SSSR count). The van der Waals surface area contributed by atoms with Crippen LogP contribution in [0.25, 0.3) is 0 Å². The van der Waals surface area contributed by atoms with Gasteiger partial charge in [0.25, 0.3) is 0 Å². The van der Waals surface area contributed by atoms with E-state index in [0.29, 0.717) is 6.54 Å². The van der Waals surface area contributed by atoms with Crippen LogP contribution in [0.3, 0.4) is 0 Å².